The molecule has 0 spiro atoms. The van der Waals surface area contributed by atoms with Crippen molar-refractivity contribution in [3.05, 3.63) is 83.1 Å². The summed E-state index contributed by atoms with van der Waals surface area (Å²) >= 11 is 0. The first-order chi connectivity index (χ1) is 14.3. The zero-order chi connectivity index (χ0) is 21.5. The predicted molar refractivity (Wildman–Crippen MR) is 101 cm³/mol. The number of fused-ring (bicyclic) bond motifs is 1. The number of amides is 1. The van der Waals surface area contributed by atoms with Crippen molar-refractivity contribution in [2.24, 2.45) is 0 Å². The van der Waals surface area contributed by atoms with Crippen LogP contribution in [-0.4, -0.2) is 20.7 Å². The molecule has 30 heavy (non-hydrogen) atoms. The van der Waals surface area contributed by atoms with Crippen molar-refractivity contribution in [2.45, 2.75) is 19.1 Å². The molecule has 1 amide bonds. The van der Waals surface area contributed by atoms with Gasteiger partial charge in [0.2, 0.25) is 5.95 Å². The van der Waals surface area contributed by atoms with Crippen molar-refractivity contribution in [3.63, 3.8) is 0 Å². The number of nitrogens with one attached hydrogen (secondary N) is 2. The van der Waals surface area contributed by atoms with Gasteiger partial charge in [-0.1, -0.05) is 24.3 Å². The van der Waals surface area contributed by atoms with Gasteiger partial charge in [-0.25, -0.2) is 9.07 Å². The molecule has 1 atom stereocenters. The van der Waals surface area contributed by atoms with Crippen LogP contribution in [0.3, 0.4) is 0 Å². The van der Waals surface area contributed by atoms with Gasteiger partial charge in [0.15, 0.2) is 0 Å². The minimum Gasteiger partial charge on any atom is -0.328 e. The molecule has 0 bridgehead atoms. The molecule has 1 aromatic heterocycles. The number of rotatable bonds is 3. The molecule has 0 saturated heterocycles. The third kappa shape index (κ3) is 3.51. The molecule has 1 aliphatic rings. The Kier molecular flexibility index (Phi) is 4.76. The first-order valence-electron chi connectivity index (χ1n) is 8.86. The van der Waals surface area contributed by atoms with Crippen LogP contribution < -0.4 is 10.6 Å². The highest BCUT2D eigenvalue weighted by molar-refractivity contribution is 6.06. The Labute approximate surface area is 168 Å². The fraction of sp³-hybridized carbons (Fsp3) is 0.150. The number of carbonyl (C=O) groups excluding carboxylic acids is 1. The largest absolute Gasteiger partial charge is 0.416 e. The highest BCUT2D eigenvalue weighted by Crippen LogP contribution is 2.36. The molecule has 154 valence electrons. The number of nitrogens with zero attached hydrogens (tertiary/aromatic N) is 3. The Hall–Kier alpha value is -3.69. The summed E-state index contributed by atoms with van der Waals surface area (Å²) in [5, 5.41) is 9.48. The minimum atomic E-state index is -4.55. The van der Waals surface area contributed by atoms with Crippen LogP contribution >= 0.6 is 0 Å². The van der Waals surface area contributed by atoms with E-state index in [4.69, 9.17) is 0 Å². The number of hydrogen-bond donors (Lipinski definition) is 2. The normalized spacial score (nSPS) is 16.1. The molecule has 0 radical (unpaired) electrons. The molecule has 2 aromatic carbocycles. The summed E-state index contributed by atoms with van der Waals surface area (Å²) in [4.78, 5) is 17.1. The van der Waals surface area contributed by atoms with Gasteiger partial charge in [-0.05, 0) is 31.2 Å². The molecule has 10 heteroatoms. The Morgan fingerprint density at radius 3 is 2.67 bits per heavy atom. The third-order valence-corrected chi connectivity index (χ3v) is 4.69. The number of benzene rings is 2. The molecular weight excluding hydrogens is 402 g/mol. The lowest BCUT2D eigenvalue weighted by molar-refractivity contribution is -0.137. The molecular formula is C20H15F4N5O. The lowest BCUT2D eigenvalue weighted by atomic mass is 9.94. The van der Waals surface area contributed by atoms with E-state index in [9.17, 15) is 22.4 Å². The zero-order valence-electron chi connectivity index (χ0n) is 15.5. The molecule has 0 saturated carbocycles. The van der Waals surface area contributed by atoms with E-state index in [0.29, 0.717) is 11.6 Å². The van der Waals surface area contributed by atoms with Crippen molar-refractivity contribution in [1.29, 1.82) is 0 Å². The van der Waals surface area contributed by atoms with Gasteiger partial charge in [-0.3, -0.25) is 4.79 Å². The molecule has 0 unspecified atom stereocenters. The van der Waals surface area contributed by atoms with E-state index in [2.05, 4.69) is 20.7 Å². The van der Waals surface area contributed by atoms with Crippen LogP contribution in [0.5, 0.6) is 0 Å². The first kappa shape index (κ1) is 19.6. The summed E-state index contributed by atoms with van der Waals surface area (Å²) in [5.41, 5.74) is -0.258. The third-order valence-electron chi connectivity index (χ3n) is 4.69. The maximum atomic E-state index is 14.6. The monoisotopic (exact) mass is 417 g/mol. The van der Waals surface area contributed by atoms with Gasteiger partial charge in [-0.15, -0.1) is 0 Å². The number of hydrogen-bond acceptors (Lipinski definition) is 4. The summed E-state index contributed by atoms with van der Waals surface area (Å²) in [6, 6.07) is 9.25. The second-order valence-corrected chi connectivity index (χ2v) is 6.65. The second kappa shape index (κ2) is 7.29. The van der Waals surface area contributed by atoms with E-state index >= 15 is 0 Å². The fourth-order valence-electron chi connectivity index (χ4n) is 3.34. The maximum Gasteiger partial charge on any atom is 0.416 e. The van der Waals surface area contributed by atoms with Crippen molar-refractivity contribution >= 4 is 17.5 Å². The molecule has 1 aliphatic heterocycles. The zero-order valence-corrected chi connectivity index (χ0v) is 15.5. The van der Waals surface area contributed by atoms with E-state index in [-0.39, 0.29) is 16.8 Å². The number of carbonyl (C=O) groups is 1. The molecule has 0 fully saturated rings. The molecule has 0 aliphatic carbocycles. The highest BCUT2D eigenvalue weighted by Gasteiger charge is 2.35. The average molecular weight is 417 g/mol. The molecule has 4 rings (SSSR count). The Morgan fingerprint density at radius 1 is 1.17 bits per heavy atom. The number of anilines is 2. The number of alkyl halides is 3. The first-order valence-corrected chi connectivity index (χ1v) is 8.86. The predicted octanol–water partition coefficient (Wildman–Crippen LogP) is 4.36. The van der Waals surface area contributed by atoms with Gasteiger partial charge in [0.25, 0.3) is 5.91 Å². The Morgan fingerprint density at radius 2 is 1.93 bits per heavy atom. The van der Waals surface area contributed by atoms with Gasteiger partial charge < -0.3 is 10.6 Å². The van der Waals surface area contributed by atoms with E-state index in [1.165, 1.54) is 41.3 Å². The van der Waals surface area contributed by atoms with Gasteiger partial charge in [0.05, 0.1) is 11.1 Å². The standard InChI is InChI=1S/C20H15F4N5O/c1-11-16(18(30)28-13-6-4-5-12(9-13)20(22,23)24)17(14-7-2-3-8-15(14)21)29-19(27-11)25-10-26-29/h2-10,17H,1H3,(H,28,30)(H,25,26,27)/t17-/m0/s1. The Balaban J connectivity index is 1.74. The summed E-state index contributed by atoms with van der Waals surface area (Å²) in [5.74, 6) is -0.923. The van der Waals surface area contributed by atoms with Crippen LogP contribution in [-0.2, 0) is 11.0 Å². The van der Waals surface area contributed by atoms with Crippen molar-refractivity contribution in [1.82, 2.24) is 14.8 Å². The van der Waals surface area contributed by atoms with E-state index in [0.717, 1.165) is 12.1 Å². The summed E-state index contributed by atoms with van der Waals surface area (Å²) in [6.45, 7) is 1.60. The van der Waals surface area contributed by atoms with Gasteiger partial charge in [0.1, 0.15) is 18.2 Å². The molecule has 2 heterocycles. The number of aromatic nitrogens is 3. The SMILES string of the molecule is CC1=C(C(=O)Nc2cccc(C(F)(F)F)c2)[C@H](c2ccccc2F)n2ncnc2N1. The lowest BCUT2D eigenvalue weighted by Gasteiger charge is -2.29. The van der Waals surface area contributed by atoms with Crippen LogP contribution in [0.25, 0.3) is 0 Å². The van der Waals surface area contributed by atoms with Crippen LogP contribution in [0.2, 0.25) is 0 Å². The highest BCUT2D eigenvalue weighted by atomic mass is 19.4. The summed E-state index contributed by atoms with van der Waals surface area (Å²) in [7, 11) is 0. The smallest absolute Gasteiger partial charge is 0.328 e. The van der Waals surface area contributed by atoms with Crippen LogP contribution in [0.15, 0.2) is 66.1 Å². The van der Waals surface area contributed by atoms with E-state index in [1.807, 2.05) is 0 Å². The minimum absolute atomic E-state index is 0.0354. The maximum absolute atomic E-state index is 14.6. The van der Waals surface area contributed by atoms with E-state index < -0.39 is 29.5 Å². The van der Waals surface area contributed by atoms with Gasteiger partial charge in [-0.2, -0.15) is 23.3 Å². The number of halogens is 4. The van der Waals surface area contributed by atoms with Gasteiger partial charge >= 0.3 is 6.18 Å². The summed E-state index contributed by atoms with van der Waals surface area (Å²) < 4.78 is 54.9. The van der Waals surface area contributed by atoms with Crippen LogP contribution in [0, 0.1) is 5.82 Å². The van der Waals surface area contributed by atoms with Crippen molar-refractivity contribution in [3.8, 4) is 0 Å². The molecule has 2 N–H and O–H groups in total. The number of allylic oxidation sites excluding steroid dienone is 1. The summed E-state index contributed by atoms with van der Waals surface area (Å²) in [6.07, 6.45) is -3.29. The fourth-order valence-corrected chi connectivity index (χ4v) is 3.34. The van der Waals surface area contributed by atoms with Crippen molar-refractivity contribution < 1.29 is 22.4 Å². The van der Waals surface area contributed by atoms with Crippen LogP contribution in [0.1, 0.15) is 24.1 Å². The van der Waals surface area contributed by atoms with Crippen molar-refractivity contribution in [2.75, 3.05) is 10.6 Å². The second-order valence-electron chi connectivity index (χ2n) is 6.65. The quantitative estimate of drug-likeness (QED) is 0.621. The van der Waals surface area contributed by atoms with Crippen LogP contribution in [0.4, 0.5) is 29.2 Å². The molecule has 6 nitrogen and oxygen atoms in total. The Bertz CT molecular complexity index is 1150. The lowest BCUT2D eigenvalue weighted by Crippen LogP contribution is -2.32. The van der Waals surface area contributed by atoms with E-state index in [1.54, 1.807) is 13.0 Å². The molecule has 3 aromatic rings. The average Bonchev–Trinajstić information content (AvgIpc) is 3.15. The topological polar surface area (TPSA) is 71.8 Å². The van der Waals surface area contributed by atoms with Gasteiger partial charge in [0, 0.05) is 16.9 Å².